The summed E-state index contributed by atoms with van der Waals surface area (Å²) >= 11 is 3.42. The number of nitrogens with zero attached hydrogens (tertiary/aromatic N) is 2. The second-order valence-corrected chi connectivity index (χ2v) is 5.03. The second kappa shape index (κ2) is 7.47. The summed E-state index contributed by atoms with van der Waals surface area (Å²) < 4.78 is 1.05. The van der Waals surface area contributed by atoms with E-state index in [1.165, 1.54) is 0 Å². The lowest BCUT2D eigenvalue weighted by Crippen LogP contribution is -2.29. The predicted octanol–water partition coefficient (Wildman–Crippen LogP) is 4.14. The average molecular weight is 295 g/mol. The van der Waals surface area contributed by atoms with Gasteiger partial charge in [-0.25, -0.2) is 0 Å². The normalized spacial score (nSPS) is 12.4. The fourth-order valence-electron chi connectivity index (χ4n) is 1.96. The van der Waals surface area contributed by atoms with Gasteiger partial charge in [-0.15, -0.1) is 0 Å². The van der Waals surface area contributed by atoms with Crippen LogP contribution in [0.25, 0.3) is 0 Å². The van der Waals surface area contributed by atoms with Gasteiger partial charge in [-0.2, -0.15) is 5.26 Å². The average Bonchev–Trinajstić information content (AvgIpc) is 2.33. The number of benzene rings is 1. The summed E-state index contributed by atoms with van der Waals surface area (Å²) in [7, 11) is 0. The molecule has 0 radical (unpaired) electrons. The van der Waals surface area contributed by atoms with Gasteiger partial charge in [0.2, 0.25) is 0 Å². The highest BCUT2D eigenvalue weighted by Gasteiger charge is 2.18. The molecule has 1 unspecified atom stereocenters. The van der Waals surface area contributed by atoms with Gasteiger partial charge in [-0.3, -0.25) is 4.90 Å². The molecule has 3 heteroatoms. The van der Waals surface area contributed by atoms with E-state index in [0.29, 0.717) is 0 Å². The zero-order valence-corrected chi connectivity index (χ0v) is 12.1. The zero-order chi connectivity index (χ0) is 12.7. The molecule has 0 N–H and O–H groups in total. The molecule has 2 nitrogen and oxygen atoms in total. The molecule has 0 bridgehead atoms. The van der Waals surface area contributed by atoms with Crippen LogP contribution in [-0.2, 0) is 0 Å². The van der Waals surface area contributed by atoms with E-state index in [-0.39, 0.29) is 6.04 Å². The molecule has 0 fully saturated rings. The Labute approximate surface area is 112 Å². The van der Waals surface area contributed by atoms with Crippen molar-refractivity contribution < 1.29 is 0 Å². The maximum absolute atomic E-state index is 9.37. The summed E-state index contributed by atoms with van der Waals surface area (Å²) in [6.45, 7) is 6.25. The molecule has 0 saturated heterocycles. The van der Waals surface area contributed by atoms with E-state index in [0.717, 1.165) is 36.0 Å². The van der Waals surface area contributed by atoms with Crippen molar-refractivity contribution in [2.75, 3.05) is 13.1 Å². The Kier molecular flexibility index (Phi) is 6.25. The summed E-state index contributed by atoms with van der Waals surface area (Å²) in [5.74, 6) is 0. The molecule has 0 amide bonds. The third-order valence-corrected chi connectivity index (χ3v) is 3.22. The van der Waals surface area contributed by atoms with Crippen molar-refractivity contribution in [3.63, 3.8) is 0 Å². The largest absolute Gasteiger partial charge is 0.284 e. The highest BCUT2D eigenvalue weighted by Crippen LogP contribution is 2.22. The smallest absolute Gasteiger partial charge is 0.123 e. The molecule has 1 aromatic carbocycles. The summed E-state index contributed by atoms with van der Waals surface area (Å²) in [4.78, 5) is 2.25. The SMILES string of the molecule is CCCN(CCC)C(C#N)c1ccc(Br)cc1. The van der Waals surface area contributed by atoms with Crippen LogP contribution in [0.1, 0.15) is 38.3 Å². The number of hydrogen-bond donors (Lipinski definition) is 0. The van der Waals surface area contributed by atoms with Gasteiger partial charge in [0.1, 0.15) is 6.04 Å². The lowest BCUT2D eigenvalue weighted by molar-refractivity contribution is 0.236. The van der Waals surface area contributed by atoms with Crippen molar-refractivity contribution >= 4 is 15.9 Å². The number of nitriles is 1. The standard InChI is InChI=1S/C14H19BrN2/c1-3-9-17(10-4-2)14(11-16)12-5-7-13(15)8-6-12/h5-8,14H,3-4,9-10H2,1-2H3. The van der Waals surface area contributed by atoms with Gasteiger partial charge in [0.25, 0.3) is 0 Å². The van der Waals surface area contributed by atoms with E-state index in [9.17, 15) is 5.26 Å². The zero-order valence-electron chi connectivity index (χ0n) is 10.5. The fourth-order valence-corrected chi connectivity index (χ4v) is 2.22. The van der Waals surface area contributed by atoms with Gasteiger partial charge in [0.05, 0.1) is 6.07 Å². The Balaban J connectivity index is 2.88. The molecular formula is C14H19BrN2. The van der Waals surface area contributed by atoms with E-state index < -0.39 is 0 Å². The fraction of sp³-hybridized carbons (Fsp3) is 0.500. The topological polar surface area (TPSA) is 27.0 Å². The molecule has 0 aliphatic heterocycles. The Morgan fingerprint density at radius 1 is 1.18 bits per heavy atom. The third kappa shape index (κ3) is 4.14. The quantitative estimate of drug-likeness (QED) is 0.788. The van der Waals surface area contributed by atoms with Crippen molar-refractivity contribution in [1.82, 2.24) is 4.90 Å². The Morgan fingerprint density at radius 3 is 2.12 bits per heavy atom. The van der Waals surface area contributed by atoms with E-state index in [4.69, 9.17) is 0 Å². The highest BCUT2D eigenvalue weighted by molar-refractivity contribution is 9.10. The van der Waals surface area contributed by atoms with Gasteiger partial charge < -0.3 is 0 Å². The van der Waals surface area contributed by atoms with Crippen LogP contribution < -0.4 is 0 Å². The van der Waals surface area contributed by atoms with Crippen molar-refractivity contribution in [2.24, 2.45) is 0 Å². The van der Waals surface area contributed by atoms with Crippen LogP contribution >= 0.6 is 15.9 Å². The first-order valence-corrected chi connectivity index (χ1v) is 6.91. The first kappa shape index (κ1) is 14.2. The van der Waals surface area contributed by atoms with Crippen LogP contribution in [0.3, 0.4) is 0 Å². The van der Waals surface area contributed by atoms with Crippen molar-refractivity contribution in [2.45, 2.75) is 32.7 Å². The van der Waals surface area contributed by atoms with Crippen LogP contribution in [-0.4, -0.2) is 18.0 Å². The lowest BCUT2D eigenvalue weighted by atomic mass is 10.1. The van der Waals surface area contributed by atoms with Gasteiger partial charge in [0, 0.05) is 4.47 Å². The number of halogens is 1. The molecule has 0 saturated carbocycles. The van der Waals surface area contributed by atoms with Gasteiger partial charge in [0.15, 0.2) is 0 Å². The highest BCUT2D eigenvalue weighted by atomic mass is 79.9. The monoisotopic (exact) mass is 294 g/mol. The van der Waals surface area contributed by atoms with Crippen molar-refractivity contribution in [1.29, 1.82) is 5.26 Å². The molecular weight excluding hydrogens is 276 g/mol. The molecule has 1 aromatic rings. The molecule has 1 atom stereocenters. The second-order valence-electron chi connectivity index (χ2n) is 4.12. The Morgan fingerprint density at radius 2 is 1.71 bits per heavy atom. The summed E-state index contributed by atoms with van der Waals surface area (Å²) in [6, 6.07) is 10.3. The molecule has 0 aliphatic rings. The minimum Gasteiger partial charge on any atom is -0.284 e. The van der Waals surface area contributed by atoms with Crippen LogP contribution in [0.5, 0.6) is 0 Å². The molecule has 92 valence electrons. The first-order chi connectivity index (χ1) is 8.22. The Hall–Kier alpha value is -0.850. The van der Waals surface area contributed by atoms with Crippen molar-refractivity contribution in [3.05, 3.63) is 34.3 Å². The Bertz CT molecular complexity index is 361. The summed E-state index contributed by atoms with van der Waals surface area (Å²) in [6.07, 6.45) is 2.16. The van der Waals surface area contributed by atoms with Crippen LogP contribution in [0.15, 0.2) is 28.7 Å². The van der Waals surface area contributed by atoms with E-state index in [2.05, 4.69) is 40.7 Å². The molecule has 0 aliphatic carbocycles. The van der Waals surface area contributed by atoms with Gasteiger partial charge in [-0.05, 0) is 43.6 Å². The van der Waals surface area contributed by atoms with E-state index >= 15 is 0 Å². The maximum atomic E-state index is 9.37. The maximum Gasteiger partial charge on any atom is 0.123 e. The minimum absolute atomic E-state index is 0.122. The summed E-state index contributed by atoms with van der Waals surface area (Å²) in [5, 5.41) is 9.37. The molecule has 0 spiro atoms. The van der Waals surface area contributed by atoms with Crippen LogP contribution in [0, 0.1) is 11.3 Å². The van der Waals surface area contributed by atoms with E-state index in [1.807, 2.05) is 24.3 Å². The number of rotatable bonds is 6. The molecule has 0 heterocycles. The minimum atomic E-state index is -0.122. The summed E-state index contributed by atoms with van der Waals surface area (Å²) in [5.41, 5.74) is 1.08. The molecule has 17 heavy (non-hydrogen) atoms. The predicted molar refractivity (Wildman–Crippen MR) is 74.7 cm³/mol. The number of hydrogen-bond acceptors (Lipinski definition) is 2. The first-order valence-electron chi connectivity index (χ1n) is 6.12. The lowest BCUT2D eigenvalue weighted by Gasteiger charge is -2.26. The van der Waals surface area contributed by atoms with Crippen LogP contribution in [0.4, 0.5) is 0 Å². The third-order valence-electron chi connectivity index (χ3n) is 2.69. The molecule has 0 aromatic heterocycles. The van der Waals surface area contributed by atoms with Crippen molar-refractivity contribution in [3.8, 4) is 6.07 Å². The van der Waals surface area contributed by atoms with Gasteiger partial charge in [-0.1, -0.05) is 41.9 Å². The molecule has 1 rings (SSSR count). The van der Waals surface area contributed by atoms with E-state index in [1.54, 1.807) is 0 Å². The van der Waals surface area contributed by atoms with Crippen LogP contribution in [0.2, 0.25) is 0 Å². The van der Waals surface area contributed by atoms with Gasteiger partial charge >= 0.3 is 0 Å².